The first-order chi connectivity index (χ1) is 13.6. The van der Waals surface area contributed by atoms with Crippen molar-refractivity contribution < 1.29 is 14.3 Å². The van der Waals surface area contributed by atoms with E-state index in [1.165, 1.54) is 6.20 Å². The monoisotopic (exact) mass is 381 g/mol. The van der Waals surface area contributed by atoms with Crippen molar-refractivity contribution in [2.24, 2.45) is 5.92 Å². The second-order valence-electron chi connectivity index (χ2n) is 7.22. The zero-order chi connectivity index (χ0) is 19.9. The summed E-state index contributed by atoms with van der Waals surface area (Å²) in [6.45, 7) is 4.18. The number of nitrogens with zero attached hydrogens (tertiary/aromatic N) is 2. The largest absolute Gasteiger partial charge is 0.496 e. The fraction of sp³-hybridized carbons (Fsp3) is 0.409. The quantitative estimate of drug-likeness (QED) is 0.835. The van der Waals surface area contributed by atoms with E-state index in [0.717, 1.165) is 37.2 Å². The normalized spacial score (nSPS) is 14.6. The minimum atomic E-state index is -0.210. The number of pyridine rings is 1. The number of hydrogen-bond donors (Lipinski definition) is 1. The third-order valence-electron chi connectivity index (χ3n) is 5.18. The fourth-order valence-corrected chi connectivity index (χ4v) is 3.38. The van der Waals surface area contributed by atoms with Crippen molar-refractivity contribution in [3.05, 3.63) is 59.4 Å². The Kier molecular flexibility index (Phi) is 6.63. The molecule has 3 rings (SSSR count). The molecule has 0 atom stereocenters. The summed E-state index contributed by atoms with van der Waals surface area (Å²) in [5.41, 5.74) is 1.81. The summed E-state index contributed by atoms with van der Waals surface area (Å²) in [5, 5.41) is 2.90. The number of rotatable bonds is 6. The van der Waals surface area contributed by atoms with Gasteiger partial charge >= 0.3 is 0 Å². The Hall–Kier alpha value is -2.89. The number of ether oxygens (including phenoxy) is 1. The van der Waals surface area contributed by atoms with Crippen LogP contribution in [0.25, 0.3) is 0 Å². The van der Waals surface area contributed by atoms with Gasteiger partial charge in [-0.3, -0.25) is 14.6 Å². The molecule has 1 aliphatic heterocycles. The number of methoxy groups -OCH3 is 1. The molecule has 0 spiro atoms. The molecule has 6 nitrogen and oxygen atoms in total. The second kappa shape index (κ2) is 9.35. The lowest BCUT2D eigenvalue weighted by molar-refractivity contribution is 0.0691. The molecule has 0 radical (unpaired) electrons. The van der Waals surface area contributed by atoms with Gasteiger partial charge in [-0.05, 0) is 48.9 Å². The molecule has 0 aliphatic carbocycles. The highest BCUT2D eigenvalue weighted by Gasteiger charge is 2.23. The Morgan fingerprint density at radius 3 is 2.71 bits per heavy atom. The highest BCUT2D eigenvalue weighted by atomic mass is 16.5. The number of aromatic nitrogens is 1. The molecule has 1 aliphatic rings. The highest BCUT2D eigenvalue weighted by molar-refractivity contribution is 5.98. The molecule has 1 fully saturated rings. The molecular weight excluding hydrogens is 354 g/mol. The molecule has 6 heteroatoms. The maximum absolute atomic E-state index is 12.7. The van der Waals surface area contributed by atoms with Gasteiger partial charge in [-0.15, -0.1) is 0 Å². The first-order valence-corrected chi connectivity index (χ1v) is 9.74. The minimum Gasteiger partial charge on any atom is -0.496 e. The van der Waals surface area contributed by atoms with Crippen molar-refractivity contribution in [2.45, 2.75) is 26.2 Å². The number of amides is 2. The van der Waals surface area contributed by atoms with Crippen molar-refractivity contribution in [2.75, 3.05) is 26.7 Å². The van der Waals surface area contributed by atoms with Crippen LogP contribution in [0.15, 0.2) is 42.6 Å². The number of hydrogen-bond acceptors (Lipinski definition) is 4. The summed E-state index contributed by atoms with van der Waals surface area (Å²) in [7, 11) is 1.63. The minimum absolute atomic E-state index is 0.101. The summed E-state index contributed by atoms with van der Waals surface area (Å²) in [5.74, 6) is 1.15. The van der Waals surface area contributed by atoms with Crippen molar-refractivity contribution in [3.63, 3.8) is 0 Å². The van der Waals surface area contributed by atoms with Crippen molar-refractivity contribution >= 4 is 11.8 Å². The van der Waals surface area contributed by atoms with Crippen LogP contribution in [0.3, 0.4) is 0 Å². The van der Waals surface area contributed by atoms with Crippen LogP contribution in [0, 0.1) is 5.92 Å². The Morgan fingerprint density at radius 2 is 1.96 bits per heavy atom. The van der Waals surface area contributed by atoms with Crippen LogP contribution < -0.4 is 10.1 Å². The van der Waals surface area contributed by atoms with E-state index >= 15 is 0 Å². The van der Waals surface area contributed by atoms with Crippen LogP contribution in [-0.2, 0) is 6.42 Å². The Morgan fingerprint density at radius 1 is 1.21 bits per heavy atom. The van der Waals surface area contributed by atoms with Crippen LogP contribution in [0.5, 0.6) is 5.75 Å². The van der Waals surface area contributed by atoms with Gasteiger partial charge < -0.3 is 15.0 Å². The van der Waals surface area contributed by atoms with Gasteiger partial charge in [0.1, 0.15) is 11.4 Å². The lowest BCUT2D eigenvalue weighted by Crippen LogP contribution is -2.38. The lowest BCUT2D eigenvalue weighted by Gasteiger charge is -2.30. The summed E-state index contributed by atoms with van der Waals surface area (Å²) in [6, 6.07) is 11.0. The molecule has 1 N–H and O–H groups in total. The van der Waals surface area contributed by atoms with Gasteiger partial charge in [0, 0.05) is 31.4 Å². The topological polar surface area (TPSA) is 71.5 Å². The van der Waals surface area contributed by atoms with Gasteiger partial charge in [0.2, 0.25) is 0 Å². The Labute approximate surface area is 165 Å². The average Bonchev–Trinajstić information content (AvgIpc) is 2.74. The number of benzene rings is 1. The second-order valence-corrected chi connectivity index (χ2v) is 7.22. The third kappa shape index (κ3) is 4.88. The van der Waals surface area contributed by atoms with Gasteiger partial charge in [0.15, 0.2) is 0 Å². The maximum atomic E-state index is 12.7. The summed E-state index contributed by atoms with van der Waals surface area (Å²) in [4.78, 5) is 31.2. The van der Waals surface area contributed by atoms with E-state index in [0.29, 0.717) is 30.1 Å². The van der Waals surface area contributed by atoms with Crippen LogP contribution >= 0.6 is 0 Å². The molecular formula is C22H27N3O3. The molecule has 1 saturated heterocycles. The molecule has 1 aromatic heterocycles. The zero-order valence-electron chi connectivity index (χ0n) is 16.5. The van der Waals surface area contributed by atoms with E-state index in [1.54, 1.807) is 19.2 Å². The zero-order valence-corrected chi connectivity index (χ0v) is 16.5. The van der Waals surface area contributed by atoms with Crippen molar-refractivity contribution in [3.8, 4) is 5.75 Å². The van der Waals surface area contributed by atoms with E-state index in [4.69, 9.17) is 4.74 Å². The standard InChI is InChI=1S/C22H27N3O3/c1-16-9-13-25(14-10-16)22(27)19-15-18(8-11-23-19)21(26)24-12-7-17-5-3-4-6-20(17)28-2/h3-6,8,11,15-16H,7,9-10,12-14H2,1-2H3,(H,24,26). The number of para-hydroxylation sites is 1. The number of carbonyl (C=O) groups excluding carboxylic acids is 2. The first kappa shape index (κ1) is 19.9. The predicted molar refractivity (Wildman–Crippen MR) is 108 cm³/mol. The van der Waals surface area contributed by atoms with Gasteiger partial charge in [-0.1, -0.05) is 25.1 Å². The highest BCUT2D eigenvalue weighted by Crippen LogP contribution is 2.18. The van der Waals surface area contributed by atoms with Crippen LogP contribution in [-0.4, -0.2) is 48.4 Å². The predicted octanol–water partition coefficient (Wildman–Crippen LogP) is 2.93. The van der Waals surface area contributed by atoms with Crippen LogP contribution in [0.1, 0.15) is 46.2 Å². The molecule has 1 aromatic carbocycles. The fourth-order valence-electron chi connectivity index (χ4n) is 3.38. The van der Waals surface area contributed by atoms with Crippen molar-refractivity contribution in [1.29, 1.82) is 0 Å². The molecule has 0 saturated carbocycles. The first-order valence-electron chi connectivity index (χ1n) is 9.74. The molecule has 0 bridgehead atoms. The molecule has 28 heavy (non-hydrogen) atoms. The third-order valence-corrected chi connectivity index (χ3v) is 5.18. The van der Waals surface area contributed by atoms with Gasteiger partial charge in [-0.25, -0.2) is 0 Å². The summed E-state index contributed by atoms with van der Waals surface area (Å²) in [6.07, 6.45) is 4.21. The Bertz CT molecular complexity index is 829. The molecule has 2 heterocycles. The molecule has 2 aromatic rings. The van der Waals surface area contributed by atoms with E-state index in [9.17, 15) is 9.59 Å². The van der Waals surface area contributed by atoms with Gasteiger partial charge in [0.25, 0.3) is 11.8 Å². The van der Waals surface area contributed by atoms with Crippen molar-refractivity contribution in [1.82, 2.24) is 15.2 Å². The van der Waals surface area contributed by atoms with Crippen LogP contribution in [0.4, 0.5) is 0 Å². The molecule has 148 valence electrons. The average molecular weight is 381 g/mol. The molecule has 2 amide bonds. The summed E-state index contributed by atoms with van der Waals surface area (Å²) < 4.78 is 5.33. The summed E-state index contributed by atoms with van der Waals surface area (Å²) >= 11 is 0. The number of likely N-dealkylation sites (tertiary alicyclic amines) is 1. The van der Waals surface area contributed by atoms with Crippen LogP contribution in [0.2, 0.25) is 0 Å². The SMILES string of the molecule is COc1ccccc1CCNC(=O)c1ccnc(C(=O)N2CCC(C)CC2)c1. The van der Waals surface area contributed by atoms with E-state index in [-0.39, 0.29) is 11.8 Å². The van der Waals surface area contributed by atoms with E-state index < -0.39 is 0 Å². The van der Waals surface area contributed by atoms with E-state index in [1.807, 2.05) is 29.2 Å². The number of piperidine rings is 1. The van der Waals surface area contributed by atoms with Gasteiger partial charge in [-0.2, -0.15) is 0 Å². The van der Waals surface area contributed by atoms with Gasteiger partial charge in [0.05, 0.1) is 7.11 Å². The number of nitrogens with one attached hydrogen (secondary N) is 1. The maximum Gasteiger partial charge on any atom is 0.272 e. The molecule has 0 unspecified atom stereocenters. The Balaban J connectivity index is 1.58. The van der Waals surface area contributed by atoms with E-state index in [2.05, 4.69) is 17.2 Å². The smallest absolute Gasteiger partial charge is 0.272 e. The number of carbonyl (C=O) groups is 2. The lowest BCUT2D eigenvalue weighted by atomic mass is 9.99.